The summed E-state index contributed by atoms with van der Waals surface area (Å²) >= 11 is 0. The maximum Gasteiger partial charge on any atom is 0.258 e. The average Bonchev–Trinajstić information content (AvgIpc) is 3.33. The van der Waals surface area contributed by atoms with Crippen LogP contribution in [0.4, 0.5) is 5.69 Å². The Balaban J connectivity index is 1.73. The Morgan fingerprint density at radius 3 is 2.56 bits per heavy atom. The van der Waals surface area contributed by atoms with Crippen molar-refractivity contribution in [3.05, 3.63) is 63.6 Å². The van der Waals surface area contributed by atoms with Gasteiger partial charge in [0.15, 0.2) is 0 Å². The zero-order valence-corrected chi connectivity index (χ0v) is 15.0. The number of carbonyl (C=O) groups is 1. The molecule has 1 aromatic heterocycles. The number of nitrogens with zero attached hydrogens (tertiary/aromatic N) is 1. The number of carbonyl (C=O) groups excluding carboxylic acids is 1. The second-order valence-electron chi connectivity index (χ2n) is 8.36. The Morgan fingerprint density at radius 2 is 1.88 bits per heavy atom. The lowest BCUT2D eigenvalue weighted by atomic mass is 9.78. The zero-order valence-electron chi connectivity index (χ0n) is 15.0. The van der Waals surface area contributed by atoms with E-state index in [2.05, 4.69) is 31.8 Å². The van der Waals surface area contributed by atoms with Crippen LogP contribution in [0.15, 0.2) is 41.2 Å². The first-order valence-corrected chi connectivity index (χ1v) is 8.99. The van der Waals surface area contributed by atoms with Gasteiger partial charge in [-0.15, -0.1) is 0 Å². The van der Waals surface area contributed by atoms with Crippen LogP contribution in [0.2, 0.25) is 0 Å². The number of hydrogen-bond acceptors (Lipinski definition) is 2. The molecular formula is C21H24N2O2. The van der Waals surface area contributed by atoms with Gasteiger partial charge in [-0.3, -0.25) is 9.59 Å². The number of anilines is 1. The summed E-state index contributed by atoms with van der Waals surface area (Å²) < 4.78 is 0. The molecule has 1 atom stereocenters. The van der Waals surface area contributed by atoms with Gasteiger partial charge in [-0.2, -0.15) is 0 Å². The van der Waals surface area contributed by atoms with Crippen LogP contribution in [0, 0.1) is 5.41 Å². The van der Waals surface area contributed by atoms with Gasteiger partial charge in [-0.25, -0.2) is 0 Å². The molecule has 4 heteroatoms. The highest BCUT2D eigenvalue weighted by Gasteiger charge is 2.39. The Bertz CT molecular complexity index is 887. The molecule has 1 aliphatic carbocycles. The maximum absolute atomic E-state index is 13.2. The van der Waals surface area contributed by atoms with Crippen molar-refractivity contribution in [2.75, 3.05) is 11.4 Å². The molecule has 1 unspecified atom stereocenters. The van der Waals surface area contributed by atoms with Crippen LogP contribution in [-0.2, 0) is 0 Å². The Hall–Kier alpha value is -2.36. The van der Waals surface area contributed by atoms with E-state index >= 15 is 0 Å². The standard InChI is InChI=1S/C21H24N2O2/c1-21(2,3)16-12-23(18-7-5-4-6-15(16)18)20(25)14-10-17(13-8-9-13)22-19(24)11-14/h4-7,10-11,13,16H,8-9,12H2,1-3H3,(H,22,24). The van der Waals surface area contributed by atoms with Gasteiger partial charge < -0.3 is 9.88 Å². The summed E-state index contributed by atoms with van der Waals surface area (Å²) in [7, 11) is 0. The van der Waals surface area contributed by atoms with E-state index in [1.54, 1.807) is 0 Å². The second kappa shape index (κ2) is 5.58. The van der Waals surface area contributed by atoms with Crippen LogP contribution >= 0.6 is 0 Å². The topological polar surface area (TPSA) is 53.2 Å². The number of benzene rings is 1. The predicted molar refractivity (Wildman–Crippen MR) is 99.4 cm³/mol. The predicted octanol–water partition coefficient (Wildman–Crippen LogP) is 4.04. The smallest absolute Gasteiger partial charge is 0.258 e. The quantitative estimate of drug-likeness (QED) is 0.900. The largest absolute Gasteiger partial charge is 0.326 e. The molecule has 0 bridgehead atoms. The van der Waals surface area contributed by atoms with Crippen LogP contribution in [0.3, 0.4) is 0 Å². The maximum atomic E-state index is 13.2. The van der Waals surface area contributed by atoms with Crippen LogP contribution in [0.1, 0.15) is 67.1 Å². The molecule has 130 valence electrons. The van der Waals surface area contributed by atoms with Gasteiger partial charge >= 0.3 is 0 Å². The van der Waals surface area contributed by atoms with Crippen LogP contribution in [0.25, 0.3) is 0 Å². The van der Waals surface area contributed by atoms with Crippen molar-refractivity contribution in [2.24, 2.45) is 5.41 Å². The van der Waals surface area contributed by atoms with Crippen molar-refractivity contribution in [2.45, 2.75) is 45.4 Å². The molecule has 4 nitrogen and oxygen atoms in total. The van der Waals surface area contributed by atoms with Gasteiger partial charge in [0.1, 0.15) is 0 Å². The van der Waals surface area contributed by atoms with Gasteiger partial charge in [0.25, 0.3) is 5.91 Å². The lowest BCUT2D eigenvalue weighted by Crippen LogP contribution is -2.33. The molecule has 0 radical (unpaired) electrons. The molecule has 4 rings (SSSR count). The van der Waals surface area contributed by atoms with E-state index in [4.69, 9.17) is 0 Å². The minimum atomic E-state index is -0.187. The summed E-state index contributed by atoms with van der Waals surface area (Å²) in [6.07, 6.45) is 2.18. The van der Waals surface area contributed by atoms with Gasteiger partial charge in [0, 0.05) is 35.5 Å². The van der Waals surface area contributed by atoms with Crippen LogP contribution in [0.5, 0.6) is 0 Å². The van der Waals surface area contributed by atoms with Crippen molar-refractivity contribution in [3.63, 3.8) is 0 Å². The van der Waals surface area contributed by atoms with E-state index in [1.807, 2.05) is 29.2 Å². The lowest BCUT2D eigenvalue weighted by Gasteiger charge is -2.27. The molecule has 2 aromatic rings. The molecule has 0 saturated heterocycles. The molecule has 2 aliphatic rings. The Labute approximate surface area is 147 Å². The number of H-pyrrole nitrogens is 1. The summed E-state index contributed by atoms with van der Waals surface area (Å²) in [6, 6.07) is 11.4. The van der Waals surface area contributed by atoms with Crippen molar-refractivity contribution >= 4 is 11.6 Å². The fourth-order valence-corrected chi connectivity index (χ4v) is 3.80. The van der Waals surface area contributed by atoms with Crippen molar-refractivity contribution in [1.82, 2.24) is 4.98 Å². The molecule has 2 heterocycles. The Morgan fingerprint density at radius 1 is 1.16 bits per heavy atom. The third-order valence-electron chi connectivity index (χ3n) is 5.39. The van der Waals surface area contributed by atoms with Gasteiger partial charge in [-0.1, -0.05) is 39.0 Å². The summed E-state index contributed by atoms with van der Waals surface area (Å²) in [4.78, 5) is 29.9. The minimum Gasteiger partial charge on any atom is -0.326 e. The van der Waals surface area contributed by atoms with Crippen LogP contribution < -0.4 is 10.5 Å². The van der Waals surface area contributed by atoms with E-state index < -0.39 is 0 Å². The highest BCUT2D eigenvalue weighted by Crippen LogP contribution is 2.46. The fourth-order valence-electron chi connectivity index (χ4n) is 3.80. The third kappa shape index (κ3) is 2.90. The second-order valence-corrected chi connectivity index (χ2v) is 8.36. The van der Waals surface area contributed by atoms with Crippen molar-refractivity contribution in [3.8, 4) is 0 Å². The lowest BCUT2D eigenvalue weighted by molar-refractivity contribution is 0.0985. The molecule has 25 heavy (non-hydrogen) atoms. The number of nitrogens with one attached hydrogen (secondary N) is 1. The Kier molecular flexibility index (Phi) is 3.60. The molecule has 1 N–H and O–H groups in total. The zero-order chi connectivity index (χ0) is 17.8. The van der Waals surface area contributed by atoms with E-state index in [-0.39, 0.29) is 22.8 Å². The summed E-state index contributed by atoms with van der Waals surface area (Å²) in [5, 5.41) is 0. The molecule has 0 spiro atoms. The van der Waals surface area contributed by atoms with Gasteiger partial charge in [0.05, 0.1) is 0 Å². The minimum absolute atomic E-state index is 0.0679. The molecular weight excluding hydrogens is 312 g/mol. The highest BCUT2D eigenvalue weighted by atomic mass is 16.2. The number of rotatable bonds is 2. The summed E-state index contributed by atoms with van der Waals surface area (Å²) in [5.74, 6) is 0.624. The number of pyridine rings is 1. The first kappa shape index (κ1) is 16.1. The third-order valence-corrected chi connectivity index (χ3v) is 5.39. The summed E-state index contributed by atoms with van der Waals surface area (Å²) in [6.45, 7) is 7.29. The molecule has 1 amide bonds. The SMILES string of the molecule is CC(C)(C)C1CN(C(=O)c2cc(C3CC3)[nH]c(=O)c2)c2ccccc21. The van der Waals surface area contributed by atoms with E-state index in [1.165, 1.54) is 11.6 Å². The first-order chi connectivity index (χ1) is 11.8. The van der Waals surface area contributed by atoms with E-state index in [0.29, 0.717) is 18.0 Å². The first-order valence-electron chi connectivity index (χ1n) is 8.99. The molecule has 1 aliphatic heterocycles. The average molecular weight is 336 g/mol. The fraction of sp³-hybridized carbons (Fsp3) is 0.429. The number of aromatic amines is 1. The number of fused-ring (bicyclic) bond motifs is 1. The highest BCUT2D eigenvalue weighted by molar-refractivity contribution is 6.07. The monoisotopic (exact) mass is 336 g/mol. The van der Waals surface area contributed by atoms with E-state index in [9.17, 15) is 9.59 Å². The molecule has 1 aromatic carbocycles. The van der Waals surface area contributed by atoms with Crippen molar-refractivity contribution < 1.29 is 4.79 Å². The van der Waals surface area contributed by atoms with E-state index in [0.717, 1.165) is 24.2 Å². The van der Waals surface area contributed by atoms with Crippen LogP contribution in [-0.4, -0.2) is 17.4 Å². The molecule has 1 fully saturated rings. The van der Waals surface area contributed by atoms with Gasteiger partial charge in [0.2, 0.25) is 5.56 Å². The van der Waals surface area contributed by atoms with Gasteiger partial charge in [-0.05, 0) is 41.9 Å². The normalized spacial score (nSPS) is 19.8. The summed E-state index contributed by atoms with van der Waals surface area (Å²) in [5.41, 5.74) is 3.47. The number of aromatic nitrogens is 1. The number of amides is 1. The van der Waals surface area contributed by atoms with Crippen molar-refractivity contribution in [1.29, 1.82) is 0 Å². The number of para-hydroxylation sites is 1. The molecule has 1 saturated carbocycles. The number of hydrogen-bond donors (Lipinski definition) is 1.